The van der Waals surface area contributed by atoms with Crippen LogP contribution >= 0.6 is 0 Å². The second-order valence-corrected chi connectivity index (χ2v) is 13.2. The predicted molar refractivity (Wildman–Crippen MR) is 195 cm³/mol. The third-order valence-corrected chi connectivity index (χ3v) is 9.48. The van der Waals surface area contributed by atoms with Gasteiger partial charge in [0.2, 0.25) is 0 Å². The largest absolute Gasteiger partial charge is 0.481 e. The number of hydrogen-bond acceptors (Lipinski definition) is 8. The number of fused-ring (bicyclic) bond motifs is 2. The molecule has 0 saturated heterocycles. The first-order valence-corrected chi connectivity index (χ1v) is 17.4. The lowest BCUT2D eigenvalue weighted by Crippen LogP contribution is -2.29. The molecule has 0 spiro atoms. The Hall–Kier alpha value is -5.40. The summed E-state index contributed by atoms with van der Waals surface area (Å²) < 4.78 is 0. The molecule has 2 amide bonds. The van der Waals surface area contributed by atoms with Crippen LogP contribution in [0.5, 0.6) is 0 Å². The van der Waals surface area contributed by atoms with Gasteiger partial charge in [-0.2, -0.15) is 0 Å². The van der Waals surface area contributed by atoms with E-state index >= 15 is 0 Å². The molecule has 12 nitrogen and oxygen atoms in total. The summed E-state index contributed by atoms with van der Waals surface area (Å²) >= 11 is 0. The van der Waals surface area contributed by atoms with Crippen LogP contribution in [0.15, 0.2) is 84.9 Å². The van der Waals surface area contributed by atoms with E-state index in [-0.39, 0.29) is 37.7 Å². The summed E-state index contributed by atoms with van der Waals surface area (Å²) in [7, 11) is 0. The van der Waals surface area contributed by atoms with Crippen molar-refractivity contribution < 1.29 is 39.6 Å². The Bertz CT molecular complexity index is 1810. The minimum Gasteiger partial charge on any atom is -0.481 e. The normalized spacial score (nSPS) is 14.5. The number of carboxylic acids is 2. The molecular weight excluding hydrogens is 664 g/mol. The van der Waals surface area contributed by atoms with Crippen LogP contribution < -0.4 is 20.4 Å². The molecule has 4 aromatic carbocycles. The Kier molecular flexibility index (Phi) is 11.4. The first-order chi connectivity index (χ1) is 25.1. The lowest BCUT2D eigenvalue weighted by molar-refractivity contribution is -0.140. The topological polar surface area (TPSA) is 180 Å². The van der Waals surface area contributed by atoms with Gasteiger partial charge in [-0.1, -0.05) is 48.5 Å². The number of amides is 2. The molecule has 0 fully saturated rings. The van der Waals surface area contributed by atoms with Gasteiger partial charge in [-0.25, -0.2) is 0 Å². The van der Waals surface area contributed by atoms with Gasteiger partial charge in [-0.05, 0) is 82.6 Å². The quantitative estimate of drug-likeness (QED) is 0.107. The summed E-state index contributed by atoms with van der Waals surface area (Å²) in [5.74, 6) is -2.30. The van der Waals surface area contributed by atoms with Crippen molar-refractivity contribution in [3.8, 4) is 11.1 Å². The van der Waals surface area contributed by atoms with Crippen molar-refractivity contribution in [2.75, 3.05) is 36.0 Å². The summed E-state index contributed by atoms with van der Waals surface area (Å²) in [6.45, 7) is 2.26. The molecule has 2 atom stereocenters. The Morgan fingerprint density at radius 3 is 1.33 bits per heavy atom. The van der Waals surface area contributed by atoms with Gasteiger partial charge in [0.1, 0.15) is 0 Å². The first-order valence-electron chi connectivity index (χ1n) is 17.4. The van der Waals surface area contributed by atoms with Crippen LogP contribution in [-0.4, -0.2) is 82.6 Å². The highest BCUT2D eigenvalue weighted by molar-refractivity contribution is 6.09. The van der Waals surface area contributed by atoms with Gasteiger partial charge in [-0.15, -0.1) is 0 Å². The van der Waals surface area contributed by atoms with Gasteiger partial charge in [0.25, 0.3) is 11.8 Å². The molecule has 12 heteroatoms. The molecule has 6 N–H and O–H groups in total. The highest BCUT2D eigenvalue weighted by atomic mass is 16.4. The summed E-state index contributed by atoms with van der Waals surface area (Å²) in [6.07, 6.45) is -1.20. The average molecular weight is 707 g/mol. The summed E-state index contributed by atoms with van der Waals surface area (Å²) in [5, 5.41) is 43.2. The number of anilines is 2. The van der Waals surface area contributed by atoms with Gasteiger partial charge >= 0.3 is 11.9 Å². The van der Waals surface area contributed by atoms with Gasteiger partial charge in [0.05, 0.1) is 25.0 Å². The van der Waals surface area contributed by atoms with Crippen molar-refractivity contribution in [1.82, 2.24) is 10.6 Å². The molecule has 0 bridgehead atoms. The first kappa shape index (κ1) is 36.4. The van der Waals surface area contributed by atoms with Crippen molar-refractivity contribution in [2.24, 2.45) is 0 Å². The maximum absolute atomic E-state index is 13.7. The fourth-order valence-electron chi connectivity index (χ4n) is 6.95. The lowest BCUT2D eigenvalue weighted by atomic mass is 9.93. The molecule has 2 heterocycles. The van der Waals surface area contributed by atoms with E-state index in [1.165, 1.54) is 0 Å². The van der Waals surface area contributed by atoms with Crippen LogP contribution in [0, 0.1) is 0 Å². The van der Waals surface area contributed by atoms with Gasteiger partial charge in [0, 0.05) is 61.8 Å². The SMILES string of the molecule is O=C(O)CC(O)CNCc1ccc(C(=O)N2CCc3c(-c4cccc5c4CCN5C(=O)c4ccc(CNCC(O)CC(=O)O)cc4)cccc32)cc1. The second-order valence-electron chi connectivity index (χ2n) is 13.2. The van der Waals surface area contributed by atoms with Crippen LogP contribution in [0.2, 0.25) is 0 Å². The minimum atomic E-state index is -1.05. The number of carboxylic acid groups (broad SMARTS) is 2. The number of nitrogens with one attached hydrogen (secondary N) is 2. The minimum absolute atomic E-state index is 0.0973. The molecule has 0 aromatic heterocycles. The van der Waals surface area contributed by atoms with E-state index in [9.17, 15) is 29.4 Å². The van der Waals surface area contributed by atoms with Crippen LogP contribution in [0.1, 0.15) is 55.8 Å². The van der Waals surface area contributed by atoms with Crippen molar-refractivity contribution in [1.29, 1.82) is 0 Å². The van der Waals surface area contributed by atoms with Crippen LogP contribution in [-0.2, 0) is 35.5 Å². The number of rotatable bonds is 15. The molecule has 52 heavy (non-hydrogen) atoms. The maximum atomic E-state index is 13.7. The van der Waals surface area contributed by atoms with Crippen LogP contribution in [0.4, 0.5) is 11.4 Å². The third kappa shape index (κ3) is 8.38. The van der Waals surface area contributed by atoms with Gasteiger partial charge in [0.15, 0.2) is 0 Å². The standard InChI is InChI=1S/C40H42N4O8/c45-29(19-37(47)48)23-41-21-25-7-11-27(12-8-25)39(51)43-17-15-33-31(3-1-5-35(33)43)32-4-2-6-36-34(32)16-18-44(36)40(52)28-13-9-26(10-14-28)22-42-24-30(46)20-38(49)50/h1-14,29-30,41-42,45-46H,15-24H2,(H,47,48)(H,49,50). The molecule has 0 saturated carbocycles. The molecular formula is C40H42N4O8. The summed E-state index contributed by atoms with van der Waals surface area (Å²) in [5.41, 5.74) is 8.96. The molecule has 6 rings (SSSR count). The van der Waals surface area contributed by atoms with E-state index in [1.807, 2.05) is 58.3 Å². The Morgan fingerprint density at radius 2 is 0.962 bits per heavy atom. The Morgan fingerprint density at radius 1 is 0.577 bits per heavy atom. The highest BCUT2D eigenvalue weighted by Gasteiger charge is 2.31. The third-order valence-electron chi connectivity index (χ3n) is 9.48. The number of aliphatic hydroxyl groups is 2. The average Bonchev–Trinajstić information content (AvgIpc) is 3.76. The maximum Gasteiger partial charge on any atom is 0.306 e. The zero-order chi connectivity index (χ0) is 36.8. The number of benzene rings is 4. The zero-order valence-electron chi connectivity index (χ0n) is 28.6. The van der Waals surface area contributed by atoms with E-state index in [2.05, 4.69) is 22.8 Å². The van der Waals surface area contributed by atoms with E-state index in [0.717, 1.165) is 44.8 Å². The lowest BCUT2D eigenvalue weighted by Gasteiger charge is -2.20. The number of nitrogens with zero attached hydrogens (tertiary/aromatic N) is 2. The highest BCUT2D eigenvalue weighted by Crippen LogP contribution is 2.42. The monoisotopic (exact) mass is 706 g/mol. The summed E-state index contributed by atoms with van der Waals surface area (Å²) in [4.78, 5) is 52.5. The fraction of sp³-hybridized carbons (Fsp3) is 0.300. The molecule has 2 aliphatic heterocycles. The number of carbonyl (C=O) groups is 4. The number of carbonyl (C=O) groups excluding carboxylic acids is 2. The van der Waals surface area contributed by atoms with E-state index < -0.39 is 24.1 Å². The van der Waals surface area contributed by atoms with Crippen molar-refractivity contribution in [3.63, 3.8) is 0 Å². The molecule has 270 valence electrons. The fourth-order valence-corrected chi connectivity index (χ4v) is 6.95. The van der Waals surface area contributed by atoms with Crippen molar-refractivity contribution in [3.05, 3.63) is 118 Å². The number of hydrogen-bond donors (Lipinski definition) is 6. The van der Waals surface area contributed by atoms with Crippen molar-refractivity contribution in [2.45, 2.75) is 51.0 Å². The predicted octanol–water partition coefficient (Wildman–Crippen LogP) is 3.61. The van der Waals surface area contributed by atoms with E-state index in [1.54, 1.807) is 24.3 Å². The van der Waals surface area contributed by atoms with E-state index in [0.29, 0.717) is 50.1 Å². The Labute approximate surface area is 301 Å². The smallest absolute Gasteiger partial charge is 0.306 e. The second kappa shape index (κ2) is 16.3. The molecule has 2 unspecified atom stereocenters. The van der Waals surface area contributed by atoms with Gasteiger partial charge in [-0.3, -0.25) is 19.2 Å². The summed E-state index contributed by atoms with van der Waals surface area (Å²) in [6, 6.07) is 26.6. The van der Waals surface area contributed by atoms with E-state index in [4.69, 9.17) is 10.2 Å². The number of aliphatic carboxylic acids is 2. The molecule has 0 aliphatic carbocycles. The Balaban J connectivity index is 1.12. The van der Waals surface area contributed by atoms with Crippen LogP contribution in [0.3, 0.4) is 0 Å². The molecule has 0 radical (unpaired) electrons. The van der Waals surface area contributed by atoms with Gasteiger partial charge < -0.3 is 40.9 Å². The van der Waals surface area contributed by atoms with Crippen molar-refractivity contribution >= 4 is 35.1 Å². The van der Waals surface area contributed by atoms with Crippen LogP contribution in [0.25, 0.3) is 11.1 Å². The zero-order valence-corrected chi connectivity index (χ0v) is 28.6. The molecule has 2 aliphatic rings. The number of aliphatic hydroxyl groups excluding tert-OH is 2. The molecule has 4 aromatic rings.